The van der Waals surface area contributed by atoms with Crippen molar-refractivity contribution in [3.8, 4) is 5.75 Å². The highest BCUT2D eigenvalue weighted by atomic mass is 79.9. The Morgan fingerprint density at radius 1 is 0.939 bits per heavy atom. The summed E-state index contributed by atoms with van der Waals surface area (Å²) >= 11 is 3.59. The number of fused-ring (bicyclic) bond motifs is 2. The molecule has 9 rings (SSSR count). The minimum absolute atomic E-state index is 0.0953. The highest BCUT2D eigenvalue weighted by Crippen LogP contribution is 2.42. The van der Waals surface area contributed by atoms with Crippen molar-refractivity contribution in [2.75, 3.05) is 81.8 Å². The lowest BCUT2D eigenvalue weighted by Gasteiger charge is -2.43. The minimum Gasteiger partial charge on any atom is -0.494 e. The second kappa shape index (κ2) is 18.9. The van der Waals surface area contributed by atoms with Crippen LogP contribution in [0.5, 0.6) is 5.75 Å². The number of aryl methyl sites for hydroxylation is 1. The predicted molar refractivity (Wildman–Crippen MR) is 258 cm³/mol. The number of amides is 2. The van der Waals surface area contributed by atoms with Gasteiger partial charge in [0.1, 0.15) is 24.8 Å². The number of carbonyl (C=O) groups is 2. The molecule has 3 aromatic heterocycles. The van der Waals surface area contributed by atoms with E-state index in [0.29, 0.717) is 57.6 Å². The molecule has 3 aliphatic rings. The first-order valence-corrected chi connectivity index (χ1v) is 25.8. The molecule has 3 aliphatic heterocycles. The Morgan fingerprint density at radius 3 is 2.44 bits per heavy atom. The molecule has 6 aromatic rings. The number of benzene rings is 3. The van der Waals surface area contributed by atoms with Crippen LogP contribution in [-0.4, -0.2) is 113 Å². The van der Waals surface area contributed by atoms with E-state index >= 15 is 4.39 Å². The van der Waals surface area contributed by atoms with Gasteiger partial charge in [0.25, 0.3) is 0 Å². The number of carbonyl (C=O) groups excluding carboxylic acids is 2. The lowest BCUT2D eigenvalue weighted by atomic mass is 9.99. The first-order chi connectivity index (χ1) is 31.8. The number of pyridine rings is 1. The summed E-state index contributed by atoms with van der Waals surface area (Å²) in [6.45, 7) is 11.8. The summed E-state index contributed by atoms with van der Waals surface area (Å²) in [5, 5.41) is 10.6. The number of halogens is 2. The van der Waals surface area contributed by atoms with Gasteiger partial charge in [0.15, 0.2) is 11.4 Å². The molecule has 346 valence electrons. The fourth-order valence-corrected chi connectivity index (χ4v) is 11.4. The Balaban J connectivity index is 0.806. The van der Waals surface area contributed by atoms with Crippen molar-refractivity contribution < 1.29 is 27.7 Å². The van der Waals surface area contributed by atoms with Crippen molar-refractivity contribution in [1.82, 2.24) is 34.6 Å². The second-order valence-corrected chi connectivity index (χ2v) is 21.5. The normalized spacial score (nSPS) is 18.0. The van der Waals surface area contributed by atoms with Crippen LogP contribution in [0.15, 0.2) is 74.6 Å². The van der Waals surface area contributed by atoms with Crippen LogP contribution >= 0.6 is 23.1 Å². The van der Waals surface area contributed by atoms with Gasteiger partial charge in [-0.15, -0.1) is 0 Å². The number of anilines is 5. The number of nitrogens with one attached hydrogen (secondary N) is 3. The largest absolute Gasteiger partial charge is 0.494 e. The van der Waals surface area contributed by atoms with E-state index in [0.717, 1.165) is 85.4 Å². The Kier molecular flexibility index (Phi) is 13.0. The monoisotopic (exact) mass is 982 g/mol. The summed E-state index contributed by atoms with van der Waals surface area (Å²) in [7, 11) is -1.06. The maximum atomic E-state index is 15.7. The van der Waals surface area contributed by atoms with Gasteiger partial charge in [-0.1, -0.05) is 31.2 Å². The molecule has 6 heterocycles. The molecule has 66 heavy (non-hydrogen) atoms. The van der Waals surface area contributed by atoms with E-state index in [1.54, 1.807) is 45.0 Å². The van der Waals surface area contributed by atoms with Crippen LogP contribution in [0.2, 0.25) is 0 Å². The molecule has 1 unspecified atom stereocenters. The average Bonchev–Trinajstić information content (AvgIpc) is 3.65. The molecule has 3 fully saturated rings. The highest BCUT2D eigenvalue weighted by Gasteiger charge is 2.33. The van der Waals surface area contributed by atoms with Crippen LogP contribution in [0.4, 0.5) is 33.2 Å². The SMILES string of the molecule is CCc1cc(Nc2ncc(Br)c(Nc3cnc4ccccc4c3P(C)(C)=O)n2)c(OC)cc1N1CCC(N2CCN(CCc3ccc4c(oc(=O)n4C4CCC(=O)NC4=O)c3F)CC2)CC1. The Hall–Kier alpha value is -5.68. The van der Waals surface area contributed by atoms with Crippen LogP contribution in [0.3, 0.4) is 0 Å². The number of ether oxygens (including phenoxy) is 1. The molecule has 3 aromatic carbocycles. The minimum atomic E-state index is -2.73. The number of aromatic nitrogens is 4. The van der Waals surface area contributed by atoms with E-state index in [9.17, 15) is 18.9 Å². The quantitative estimate of drug-likeness (QED) is 0.0800. The van der Waals surface area contributed by atoms with Crippen molar-refractivity contribution in [3.05, 3.63) is 92.9 Å². The average molecular weight is 984 g/mol. The summed E-state index contributed by atoms with van der Waals surface area (Å²) in [5.41, 5.74) is 4.98. The van der Waals surface area contributed by atoms with Gasteiger partial charge < -0.3 is 34.2 Å². The zero-order chi connectivity index (χ0) is 46.3. The molecule has 19 heteroatoms. The van der Waals surface area contributed by atoms with Gasteiger partial charge in [0.05, 0.1) is 40.2 Å². The van der Waals surface area contributed by atoms with Crippen molar-refractivity contribution in [1.29, 1.82) is 0 Å². The number of hydrogen-bond donors (Lipinski definition) is 3. The van der Waals surface area contributed by atoms with Crippen LogP contribution < -0.4 is 36.6 Å². The molecule has 0 spiro atoms. The predicted octanol–water partition coefficient (Wildman–Crippen LogP) is 6.95. The van der Waals surface area contributed by atoms with Crippen molar-refractivity contribution in [3.63, 3.8) is 0 Å². The first kappa shape index (κ1) is 45.5. The molecule has 0 bridgehead atoms. The summed E-state index contributed by atoms with van der Waals surface area (Å²) in [6, 6.07) is 14.7. The number of methoxy groups -OCH3 is 1. The third-order valence-corrected chi connectivity index (χ3v) is 15.2. The van der Waals surface area contributed by atoms with Gasteiger partial charge in [0.2, 0.25) is 17.8 Å². The lowest BCUT2D eigenvalue weighted by molar-refractivity contribution is -0.135. The number of hydrogen-bond acceptors (Lipinski definition) is 14. The maximum absolute atomic E-state index is 15.7. The van der Waals surface area contributed by atoms with E-state index in [-0.39, 0.29) is 23.9 Å². The molecule has 16 nitrogen and oxygen atoms in total. The third-order valence-electron chi connectivity index (χ3n) is 13.1. The lowest BCUT2D eigenvalue weighted by Crippen LogP contribution is -2.53. The topological polar surface area (TPSA) is 180 Å². The van der Waals surface area contributed by atoms with Crippen LogP contribution in [-0.2, 0) is 27.0 Å². The van der Waals surface area contributed by atoms with E-state index in [4.69, 9.17) is 14.1 Å². The van der Waals surface area contributed by atoms with Crippen molar-refractivity contribution in [2.24, 2.45) is 0 Å². The van der Waals surface area contributed by atoms with Crippen LogP contribution in [0, 0.1) is 5.82 Å². The van der Waals surface area contributed by atoms with Crippen molar-refractivity contribution >= 4 is 91.0 Å². The summed E-state index contributed by atoms with van der Waals surface area (Å²) in [4.78, 5) is 58.2. The molecule has 3 N–H and O–H groups in total. The van der Waals surface area contributed by atoms with Gasteiger partial charge in [-0.3, -0.25) is 29.4 Å². The number of piperidine rings is 2. The molecule has 0 radical (unpaired) electrons. The fourth-order valence-electron chi connectivity index (χ4n) is 9.65. The summed E-state index contributed by atoms with van der Waals surface area (Å²) in [5.74, 6) is -0.848. The third kappa shape index (κ3) is 9.20. The number of piperazine rings is 1. The molecule has 1 atom stereocenters. The first-order valence-electron chi connectivity index (χ1n) is 22.4. The molecule has 0 aliphatic carbocycles. The second-order valence-electron chi connectivity index (χ2n) is 17.5. The van der Waals surface area contributed by atoms with E-state index in [1.165, 1.54) is 5.56 Å². The number of oxazole rings is 1. The molecular weight excluding hydrogens is 930 g/mol. The van der Waals surface area contributed by atoms with E-state index in [2.05, 4.69) is 75.6 Å². The Labute approximate surface area is 389 Å². The number of para-hydroxylation sites is 1. The van der Waals surface area contributed by atoms with Gasteiger partial charge in [-0.25, -0.2) is 14.2 Å². The van der Waals surface area contributed by atoms with Gasteiger partial charge in [-0.05, 0) is 90.7 Å². The molecule has 2 amide bonds. The van der Waals surface area contributed by atoms with Gasteiger partial charge >= 0.3 is 5.76 Å². The summed E-state index contributed by atoms with van der Waals surface area (Å²) in [6.07, 6.45) is 6.95. The molecule has 3 saturated heterocycles. The van der Waals surface area contributed by atoms with Crippen molar-refractivity contribution in [2.45, 2.75) is 57.5 Å². The summed E-state index contributed by atoms with van der Waals surface area (Å²) < 4.78 is 42.3. The standard InChI is InChI=1S/C47H53BrFN10O6P/c1-5-28-24-34(53-46-51-26-32(48)44(55-46)52-35-27-50-33-9-7-6-8-31(33)43(35)66(3,4)63)39(64-2)25-38(28)58-18-15-30(16-19-58)57-22-20-56(21-23-57)17-14-29-10-11-36-42(41(29)49)65-47(62)59(36)37-12-13-40(60)54-45(37)61/h6-11,24-27,30,37H,5,12-23H2,1-4H3,(H,54,60,61)(H2,51,52,53,55). The number of rotatable bonds is 13. The van der Waals surface area contributed by atoms with E-state index in [1.807, 2.05) is 24.3 Å². The zero-order valence-corrected chi connectivity index (χ0v) is 39.9. The maximum Gasteiger partial charge on any atom is 0.420 e. The Morgan fingerprint density at radius 2 is 1.71 bits per heavy atom. The Bertz CT molecular complexity index is 2940. The fraction of sp³-hybridized carbons (Fsp3) is 0.404. The molecular formula is C47H53BrFN10O6P. The highest BCUT2D eigenvalue weighted by molar-refractivity contribution is 9.10. The van der Waals surface area contributed by atoms with Crippen LogP contribution in [0.1, 0.15) is 49.8 Å². The van der Waals surface area contributed by atoms with Crippen LogP contribution in [0.25, 0.3) is 22.0 Å². The smallest absolute Gasteiger partial charge is 0.420 e. The number of imide groups is 1. The molecule has 0 saturated carbocycles. The number of nitrogens with zero attached hydrogens (tertiary/aromatic N) is 7. The van der Waals surface area contributed by atoms with E-state index < -0.39 is 36.6 Å². The zero-order valence-electron chi connectivity index (χ0n) is 37.4. The van der Waals surface area contributed by atoms with Gasteiger partial charge in [-0.2, -0.15) is 4.98 Å². The van der Waals surface area contributed by atoms with Gasteiger partial charge in [0, 0.05) is 86.9 Å².